The van der Waals surface area contributed by atoms with E-state index in [1.54, 1.807) is 23.9 Å². The molecular formula is C20H20ClN3O2S. The fraction of sp³-hybridized carbons (Fsp3) is 0.250. The molecule has 0 fully saturated rings. The maximum atomic E-state index is 12.1. The largest absolute Gasteiger partial charge is 0.486 e. The molecule has 0 N–H and O–H groups in total. The highest BCUT2D eigenvalue weighted by molar-refractivity contribution is 7.99. The van der Waals surface area contributed by atoms with Gasteiger partial charge in [0.05, 0.1) is 0 Å². The zero-order valence-electron chi connectivity index (χ0n) is 15.0. The molecular weight excluding hydrogens is 382 g/mol. The van der Waals surface area contributed by atoms with Crippen molar-refractivity contribution in [1.29, 1.82) is 0 Å². The first kappa shape index (κ1) is 19.5. The lowest BCUT2D eigenvalue weighted by Crippen LogP contribution is -2.04. The van der Waals surface area contributed by atoms with Gasteiger partial charge >= 0.3 is 0 Å². The van der Waals surface area contributed by atoms with E-state index in [2.05, 4.69) is 10.2 Å². The van der Waals surface area contributed by atoms with Crippen LogP contribution in [-0.4, -0.2) is 26.3 Å². The van der Waals surface area contributed by atoms with Gasteiger partial charge in [0.2, 0.25) is 0 Å². The minimum atomic E-state index is 0.172. The molecule has 0 unspecified atom stereocenters. The topological polar surface area (TPSA) is 57.0 Å². The molecule has 0 saturated carbocycles. The number of halogens is 1. The molecule has 0 amide bonds. The van der Waals surface area contributed by atoms with E-state index >= 15 is 0 Å². The Labute approximate surface area is 167 Å². The average molecular weight is 402 g/mol. The summed E-state index contributed by atoms with van der Waals surface area (Å²) >= 11 is 7.46. The van der Waals surface area contributed by atoms with E-state index in [4.69, 9.17) is 16.3 Å². The van der Waals surface area contributed by atoms with Crippen molar-refractivity contribution < 1.29 is 9.53 Å². The Morgan fingerprint density at radius 1 is 1.11 bits per heavy atom. The van der Waals surface area contributed by atoms with E-state index in [1.807, 2.05) is 54.1 Å². The molecule has 0 radical (unpaired) electrons. The molecule has 0 bridgehead atoms. The number of thioether (sulfide) groups is 1. The van der Waals surface area contributed by atoms with Gasteiger partial charge in [-0.25, -0.2) is 0 Å². The number of rotatable bonds is 9. The lowest BCUT2D eigenvalue weighted by Gasteiger charge is -2.06. The van der Waals surface area contributed by atoms with Crippen LogP contribution in [-0.2, 0) is 13.7 Å². The first-order valence-corrected chi connectivity index (χ1v) is 9.97. The van der Waals surface area contributed by atoms with Crippen LogP contribution in [0.1, 0.15) is 29.0 Å². The molecule has 0 atom stereocenters. The molecule has 7 heteroatoms. The summed E-state index contributed by atoms with van der Waals surface area (Å²) in [4.78, 5) is 12.1. The van der Waals surface area contributed by atoms with Crippen molar-refractivity contribution in [3.05, 3.63) is 71.0 Å². The van der Waals surface area contributed by atoms with Gasteiger partial charge < -0.3 is 9.30 Å². The van der Waals surface area contributed by atoms with E-state index < -0.39 is 0 Å². The predicted octanol–water partition coefficient (Wildman–Crippen LogP) is 4.80. The van der Waals surface area contributed by atoms with E-state index in [1.165, 1.54) is 0 Å². The summed E-state index contributed by atoms with van der Waals surface area (Å²) in [6.45, 7) is 0.332. The molecule has 27 heavy (non-hydrogen) atoms. The highest BCUT2D eigenvalue weighted by atomic mass is 35.5. The second kappa shape index (κ2) is 9.58. The molecule has 3 aromatic rings. The lowest BCUT2D eigenvalue weighted by molar-refractivity contribution is 0.0982. The molecule has 3 rings (SSSR count). The summed E-state index contributed by atoms with van der Waals surface area (Å²) in [5, 5.41) is 9.88. The van der Waals surface area contributed by atoms with Gasteiger partial charge in [0.15, 0.2) is 16.8 Å². The molecule has 5 nitrogen and oxygen atoms in total. The predicted molar refractivity (Wildman–Crippen MR) is 108 cm³/mol. The number of carbonyl (C=O) groups excluding carboxylic acids is 1. The Bertz CT molecular complexity index is 882. The summed E-state index contributed by atoms with van der Waals surface area (Å²) in [6, 6.07) is 16.6. The van der Waals surface area contributed by atoms with Crippen molar-refractivity contribution in [1.82, 2.24) is 14.8 Å². The molecule has 0 spiro atoms. The van der Waals surface area contributed by atoms with E-state index in [0.29, 0.717) is 18.1 Å². The SMILES string of the molecule is Cn1c(COc2ccc(Cl)cc2)nnc1SCCCC(=O)c1ccccc1. The summed E-state index contributed by atoms with van der Waals surface area (Å²) in [7, 11) is 1.91. The van der Waals surface area contributed by atoms with Crippen LogP contribution in [0.2, 0.25) is 5.02 Å². The third kappa shape index (κ3) is 5.58. The van der Waals surface area contributed by atoms with Crippen molar-refractivity contribution in [2.24, 2.45) is 7.05 Å². The number of hydrogen-bond acceptors (Lipinski definition) is 5. The summed E-state index contributed by atoms with van der Waals surface area (Å²) < 4.78 is 7.63. The van der Waals surface area contributed by atoms with Crippen molar-refractivity contribution in [2.75, 3.05) is 5.75 Å². The third-order valence-corrected chi connectivity index (χ3v) is 5.34. The van der Waals surface area contributed by atoms with Crippen LogP contribution >= 0.6 is 23.4 Å². The molecule has 0 aliphatic heterocycles. The fourth-order valence-corrected chi connectivity index (χ4v) is 3.43. The van der Waals surface area contributed by atoms with Gasteiger partial charge in [-0.05, 0) is 30.7 Å². The first-order chi connectivity index (χ1) is 13.1. The number of benzene rings is 2. The van der Waals surface area contributed by atoms with Crippen molar-refractivity contribution >= 4 is 29.1 Å². The molecule has 0 saturated heterocycles. The average Bonchev–Trinajstić information content (AvgIpc) is 3.05. The number of ether oxygens (including phenoxy) is 1. The van der Waals surface area contributed by atoms with Gasteiger partial charge in [0.25, 0.3) is 0 Å². The maximum absolute atomic E-state index is 12.1. The van der Waals surface area contributed by atoms with Crippen molar-refractivity contribution in [2.45, 2.75) is 24.6 Å². The van der Waals surface area contributed by atoms with Crippen LogP contribution in [0.4, 0.5) is 0 Å². The summed E-state index contributed by atoms with van der Waals surface area (Å²) in [5.41, 5.74) is 0.766. The number of Topliss-reactive ketones (excluding diaryl/α,β-unsaturated/α-hetero) is 1. The number of aromatic nitrogens is 3. The smallest absolute Gasteiger partial charge is 0.191 e. The van der Waals surface area contributed by atoms with Crippen LogP contribution in [0, 0.1) is 0 Å². The molecule has 2 aromatic carbocycles. The molecule has 0 aliphatic carbocycles. The van der Waals surface area contributed by atoms with E-state index in [0.717, 1.165) is 34.5 Å². The lowest BCUT2D eigenvalue weighted by atomic mass is 10.1. The summed E-state index contributed by atoms with van der Waals surface area (Å²) in [5.74, 6) is 2.46. The van der Waals surface area contributed by atoms with Gasteiger partial charge in [-0.3, -0.25) is 4.79 Å². The Morgan fingerprint density at radius 3 is 2.59 bits per heavy atom. The van der Waals surface area contributed by atoms with Gasteiger partial charge in [-0.1, -0.05) is 53.7 Å². The van der Waals surface area contributed by atoms with Crippen LogP contribution in [0.15, 0.2) is 59.8 Å². The monoisotopic (exact) mass is 401 g/mol. The third-order valence-electron chi connectivity index (χ3n) is 3.98. The van der Waals surface area contributed by atoms with Gasteiger partial charge in [-0.15, -0.1) is 10.2 Å². The van der Waals surface area contributed by atoms with Crippen molar-refractivity contribution in [3.63, 3.8) is 0 Å². The molecule has 0 aliphatic rings. The second-order valence-electron chi connectivity index (χ2n) is 5.94. The van der Waals surface area contributed by atoms with Gasteiger partial charge in [-0.2, -0.15) is 0 Å². The highest BCUT2D eigenvalue weighted by Crippen LogP contribution is 2.20. The maximum Gasteiger partial charge on any atom is 0.191 e. The number of ketones is 1. The minimum Gasteiger partial charge on any atom is -0.486 e. The first-order valence-electron chi connectivity index (χ1n) is 8.61. The fourth-order valence-electron chi connectivity index (χ4n) is 2.44. The normalized spacial score (nSPS) is 10.7. The van der Waals surface area contributed by atoms with Crippen molar-refractivity contribution in [3.8, 4) is 5.75 Å². The van der Waals surface area contributed by atoms with E-state index in [-0.39, 0.29) is 5.78 Å². The van der Waals surface area contributed by atoms with Gasteiger partial charge in [0, 0.05) is 29.8 Å². The Kier molecular flexibility index (Phi) is 6.90. The Balaban J connectivity index is 1.44. The quantitative estimate of drug-likeness (QED) is 0.293. The van der Waals surface area contributed by atoms with E-state index in [9.17, 15) is 4.79 Å². The Morgan fingerprint density at radius 2 is 1.85 bits per heavy atom. The van der Waals surface area contributed by atoms with Crippen LogP contribution in [0.25, 0.3) is 0 Å². The minimum absolute atomic E-state index is 0.172. The van der Waals surface area contributed by atoms with Crippen LogP contribution in [0.3, 0.4) is 0 Å². The number of hydrogen-bond donors (Lipinski definition) is 0. The highest BCUT2D eigenvalue weighted by Gasteiger charge is 2.11. The standard InChI is InChI=1S/C20H20ClN3O2S/c1-24-19(14-26-17-11-9-16(21)10-12-17)22-23-20(24)27-13-5-8-18(25)15-6-3-2-4-7-15/h2-4,6-7,9-12H,5,8,13-14H2,1H3. The Hall–Kier alpha value is -2.31. The number of nitrogens with zero attached hydrogens (tertiary/aromatic N) is 3. The number of carbonyl (C=O) groups is 1. The zero-order valence-corrected chi connectivity index (χ0v) is 16.5. The molecule has 1 heterocycles. The second-order valence-corrected chi connectivity index (χ2v) is 7.44. The zero-order chi connectivity index (χ0) is 19.1. The van der Waals surface area contributed by atoms with Gasteiger partial charge in [0.1, 0.15) is 12.4 Å². The van der Waals surface area contributed by atoms with Crippen LogP contribution in [0.5, 0.6) is 5.75 Å². The summed E-state index contributed by atoms with van der Waals surface area (Å²) in [6.07, 6.45) is 1.32. The molecule has 140 valence electrons. The molecule has 1 aromatic heterocycles. The van der Waals surface area contributed by atoms with Crippen LogP contribution < -0.4 is 4.74 Å².